The first-order chi connectivity index (χ1) is 13.5. The van der Waals surface area contributed by atoms with Crippen molar-refractivity contribution in [2.45, 2.75) is 63.8 Å². The lowest BCUT2D eigenvalue weighted by molar-refractivity contribution is -0.156. The minimum absolute atomic E-state index is 0.00228. The molecular weight excluding hydrogens is 352 g/mol. The first-order valence-corrected chi connectivity index (χ1v) is 11.3. The van der Waals surface area contributed by atoms with Gasteiger partial charge in [0, 0.05) is 19.5 Å². The van der Waals surface area contributed by atoms with Gasteiger partial charge in [0.15, 0.2) is 0 Å². The summed E-state index contributed by atoms with van der Waals surface area (Å²) in [6.45, 7) is 1.10. The summed E-state index contributed by atoms with van der Waals surface area (Å²) in [5.74, 6) is 2.52. The first-order valence-electron chi connectivity index (χ1n) is 11.3. The van der Waals surface area contributed by atoms with E-state index in [-0.39, 0.29) is 41.0 Å². The summed E-state index contributed by atoms with van der Waals surface area (Å²) in [6, 6.07) is -0.0917. The van der Waals surface area contributed by atoms with Gasteiger partial charge in [0.1, 0.15) is 0 Å². The number of rotatable bonds is 3. The molecular formula is C23H30N2O3. The molecule has 2 heterocycles. The molecule has 2 aliphatic heterocycles. The molecule has 0 N–H and O–H groups in total. The van der Waals surface area contributed by atoms with Crippen LogP contribution in [-0.2, 0) is 14.4 Å². The molecule has 0 aromatic heterocycles. The zero-order chi connectivity index (χ0) is 19.0. The molecule has 7 aliphatic rings. The van der Waals surface area contributed by atoms with Gasteiger partial charge in [-0.25, -0.2) is 0 Å². The van der Waals surface area contributed by atoms with Crippen LogP contribution in [0.5, 0.6) is 0 Å². The number of allylic oxidation sites excluding steroid dienone is 2. The van der Waals surface area contributed by atoms with Gasteiger partial charge in [-0.05, 0) is 74.5 Å². The van der Waals surface area contributed by atoms with E-state index in [1.54, 1.807) is 0 Å². The van der Waals surface area contributed by atoms with E-state index in [1.807, 2.05) is 17.1 Å². The van der Waals surface area contributed by atoms with Gasteiger partial charge in [0.2, 0.25) is 17.7 Å². The average molecular weight is 383 g/mol. The second kappa shape index (κ2) is 5.93. The summed E-state index contributed by atoms with van der Waals surface area (Å²) in [5.41, 5.74) is 0.261. The van der Waals surface area contributed by atoms with Crippen molar-refractivity contribution in [3.8, 4) is 0 Å². The zero-order valence-corrected chi connectivity index (χ0v) is 16.5. The van der Waals surface area contributed by atoms with Crippen LogP contribution in [0.3, 0.4) is 0 Å². The van der Waals surface area contributed by atoms with Crippen LogP contribution < -0.4 is 0 Å². The minimum Gasteiger partial charge on any atom is -0.338 e. The number of carbonyl (C=O) groups excluding carboxylic acids is 3. The topological polar surface area (TPSA) is 57.7 Å². The third-order valence-corrected chi connectivity index (χ3v) is 8.81. The zero-order valence-electron chi connectivity index (χ0n) is 16.5. The number of hydrogen-bond acceptors (Lipinski definition) is 3. The maximum absolute atomic E-state index is 13.0. The molecule has 7 rings (SSSR count). The molecule has 4 bridgehead atoms. The monoisotopic (exact) mass is 382 g/mol. The Hall–Kier alpha value is -1.65. The molecule has 0 aromatic rings. The highest BCUT2D eigenvalue weighted by Crippen LogP contribution is 2.61. The fourth-order valence-corrected chi connectivity index (χ4v) is 7.95. The maximum atomic E-state index is 13.0. The van der Waals surface area contributed by atoms with Gasteiger partial charge in [-0.2, -0.15) is 0 Å². The van der Waals surface area contributed by atoms with Crippen molar-refractivity contribution in [3.63, 3.8) is 0 Å². The highest BCUT2D eigenvalue weighted by atomic mass is 16.2. The van der Waals surface area contributed by atoms with Gasteiger partial charge in [-0.3, -0.25) is 19.3 Å². The largest absolute Gasteiger partial charge is 0.338 e. The van der Waals surface area contributed by atoms with Crippen LogP contribution in [-0.4, -0.2) is 46.7 Å². The van der Waals surface area contributed by atoms with Crippen molar-refractivity contribution in [1.82, 2.24) is 9.80 Å². The number of hydrogen-bond donors (Lipinski definition) is 0. The van der Waals surface area contributed by atoms with Crippen LogP contribution >= 0.6 is 0 Å². The van der Waals surface area contributed by atoms with Gasteiger partial charge >= 0.3 is 0 Å². The van der Waals surface area contributed by atoms with Gasteiger partial charge in [0.25, 0.3) is 0 Å². The lowest BCUT2D eigenvalue weighted by Crippen LogP contribution is -2.63. The number of amides is 3. The highest BCUT2D eigenvalue weighted by molar-refractivity contribution is 6.06. The van der Waals surface area contributed by atoms with Crippen molar-refractivity contribution < 1.29 is 14.4 Å². The fraction of sp³-hybridized carbons (Fsp3) is 0.783. The molecule has 0 radical (unpaired) electrons. The molecule has 2 saturated heterocycles. The molecule has 0 spiro atoms. The van der Waals surface area contributed by atoms with E-state index in [2.05, 4.69) is 0 Å². The Kier molecular flexibility index (Phi) is 3.65. The van der Waals surface area contributed by atoms with Crippen LogP contribution in [0.4, 0.5) is 0 Å². The molecule has 150 valence electrons. The molecule has 2 atom stereocenters. The summed E-state index contributed by atoms with van der Waals surface area (Å²) < 4.78 is 0. The third kappa shape index (κ3) is 2.47. The van der Waals surface area contributed by atoms with Crippen LogP contribution in [0.15, 0.2) is 12.2 Å². The van der Waals surface area contributed by atoms with E-state index in [0.29, 0.717) is 32.4 Å². The number of likely N-dealkylation sites (tertiary alicyclic amines) is 2. The SMILES string of the molecule is O=C(CC12CC3CC(CC(C3)C1)C2)N1CC(N2C(=O)C3CC=CCC3C2=O)C1. The van der Waals surface area contributed by atoms with Gasteiger partial charge in [-0.1, -0.05) is 12.2 Å². The molecule has 2 unspecified atom stereocenters. The Morgan fingerprint density at radius 2 is 1.39 bits per heavy atom. The average Bonchev–Trinajstić information content (AvgIpc) is 2.84. The number of carbonyl (C=O) groups is 3. The Bertz CT molecular complexity index is 705. The van der Waals surface area contributed by atoms with Crippen LogP contribution in [0.2, 0.25) is 0 Å². The molecule has 28 heavy (non-hydrogen) atoms. The summed E-state index contributed by atoms with van der Waals surface area (Å²) in [4.78, 5) is 41.9. The van der Waals surface area contributed by atoms with Gasteiger partial charge in [0.05, 0.1) is 17.9 Å². The van der Waals surface area contributed by atoms with E-state index in [4.69, 9.17) is 0 Å². The van der Waals surface area contributed by atoms with E-state index in [1.165, 1.54) is 43.4 Å². The quantitative estimate of drug-likeness (QED) is 0.557. The molecule has 5 nitrogen and oxygen atoms in total. The standard InChI is InChI=1S/C23H30N2O3/c26-20(11-23-8-14-5-15(9-23)7-16(6-14)10-23)24-12-17(13-24)25-21(27)18-3-1-2-4-19(18)22(25)28/h1-2,14-19H,3-13H2. The van der Waals surface area contributed by atoms with Crippen LogP contribution in [0.25, 0.3) is 0 Å². The van der Waals surface area contributed by atoms with E-state index < -0.39 is 0 Å². The predicted octanol–water partition coefficient (Wildman–Crippen LogP) is 2.75. The normalized spacial score (nSPS) is 44.2. The van der Waals surface area contributed by atoms with E-state index in [0.717, 1.165) is 17.8 Å². The highest BCUT2D eigenvalue weighted by Gasteiger charge is 2.54. The third-order valence-electron chi connectivity index (χ3n) is 8.81. The second-order valence-electron chi connectivity index (χ2n) is 10.7. The van der Waals surface area contributed by atoms with Crippen molar-refractivity contribution in [2.75, 3.05) is 13.1 Å². The first kappa shape index (κ1) is 17.2. The maximum Gasteiger partial charge on any atom is 0.233 e. The molecule has 5 aliphatic carbocycles. The molecule has 4 saturated carbocycles. The fourth-order valence-electron chi connectivity index (χ4n) is 7.95. The Balaban J connectivity index is 1.09. The lowest BCUT2D eigenvalue weighted by atomic mass is 9.49. The summed E-state index contributed by atoms with van der Waals surface area (Å²) >= 11 is 0. The number of nitrogens with zero attached hydrogens (tertiary/aromatic N) is 2. The number of fused-ring (bicyclic) bond motifs is 1. The van der Waals surface area contributed by atoms with Crippen molar-refractivity contribution >= 4 is 17.7 Å². The summed E-state index contributed by atoms with van der Waals surface area (Å²) in [5, 5.41) is 0. The van der Waals surface area contributed by atoms with E-state index in [9.17, 15) is 14.4 Å². The molecule has 6 fully saturated rings. The van der Waals surface area contributed by atoms with Crippen LogP contribution in [0.1, 0.15) is 57.8 Å². The summed E-state index contributed by atoms with van der Waals surface area (Å²) in [7, 11) is 0. The molecule has 5 heteroatoms. The second-order valence-corrected chi connectivity index (χ2v) is 10.7. The van der Waals surface area contributed by atoms with Crippen LogP contribution in [0, 0.1) is 35.0 Å². The smallest absolute Gasteiger partial charge is 0.233 e. The number of imide groups is 1. The predicted molar refractivity (Wildman–Crippen MR) is 103 cm³/mol. The Morgan fingerprint density at radius 1 is 0.893 bits per heavy atom. The van der Waals surface area contributed by atoms with Crippen molar-refractivity contribution in [1.29, 1.82) is 0 Å². The summed E-state index contributed by atoms with van der Waals surface area (Å²) in [6.07, 6.45) is 14.1. The lowest BCUT2D eigenvalue weighted by Gasteiger charge is -2.57. The Morgan fingerprint density at radius 3 is 1.89 bits per heavy atom. The van der Waals surface area contributed by atoms with Gasteiger partial charge < -0.3 is 4.90 Å². The van der Waals surface area contributed by atoms with Gasteiger partial charge in [-0.15, -0.1) is 0 Å². The van der Waals surface area contributed by atoms with E-state index >= 15 is 0 Å². The van der Waals surface area contributed by atoms with Crippen molar-refractivity contribution in [2.24, 2.45) is 35.0 Å². The molecule has 0 aromatic carbocycles. The Labute approximate surface area is 166 Å². The molecule has 3 amide bonds. The van der Waals surface area contributed by atoms with Crippen molar-refractivity contribution in [3.05, 3.63) is 12.2 Å². The minimum atomic E-state index is -0.158.